The van der Waals surface area contributed by atoms with Gasteiger partial charge >= 0.3 is 0 Å². The number of aliphatic hydroxyl groups excluding tert-OH is 1. The van der Waals surface area contributed by atoms with E-state index in [1.165, 1.54) is 11.3 Å². The van der Waals surface area contributed by atoms with Crippen molar-refractivity contribution in [3.05, 3.63) is 50.7 Å². The van der Waals surface area contributed by atoms with Crippen molar-refractivity contribution in [2.45, 2.75) is 13.0 Å². The van der Waals surface area contributed by atoms with Gasteiger partial charge in [-0.15, -0.1) is 11.3 Å². The van der Waals surface area contributed by atoms with E-state index in [9.17, 15) is 5.11 Å². The van der Waals surface area contributed by atoms with Crippen molar-refractivity contribution in [1.29, 1.82) is 0 Å². The first-order valence-corrected chi connectivity index (χ1v) is 6.44. The molecule has 2 aromatic rings. The lowest BCUT2D eigenvalue weighted by Crippen LogP contribution is -2.00. The van der Waals surface area contributed by atoms with Crippen LogP contribution in [0.4, 0.5) is 0 Å². The molecule has 0 amide bonds. The second kappa shape index (κ2) is 5.08. The summed E-state index contributed by atoms with van der Waals surface area (Å²) in [5.41, 5.74) is 1.88. The molecule has 2 nitrogen and oxygen atoms in total. The lowest BCUT2D eigenvalue weighted by atomic mass is 10.0. The van der Waals surface area contributed by atoms with Crippen LogP contribution < -0.4 is 4.74 Å². The first kappa shape index (κ1) is 12.4. The summed E-state index contributed by atoms with van der Waals surface area (Å²) in [5, 5.41) is 12.7. The minimum Gasteiger partial charge on any atom is -0.497 e. The van der Waals surface area contributed by atoms with Crippen molar-refractivity contribution in [2.24, 2.45) is 0 Å². The third-order valence-corrected chi connectivity index (χ3v) is 3.96. The number of halogens is 1. The Morgan fingerprint density at radius 1 is 1.35 bits per heavy atom. The molecule has 0 aliphatic rings. The van der Waals surface area contributed by atoms with E-state index in [0.717, 1.165) is 21.8 Å². The fraction of sp³-hybridized carbons (Fsp3) is 0.231. The summed E-state index contributed by atoms with van der Waals surface area (Å²) in [6.45, 7) is 1.95. The number of thiophene rings is 1. The van der Waals surface area contributed by atoms with Crippen LogP contribution in [0.3, 0.4) is 0 Å². The van der Waals surface area contributed by atoms with Crippen LogP contribution in [-0.2, 0) is 0 Å². The molecule has 0 radical (unpaired) electrons. The molecule has 0 saturated heterocycles. The molecule has 0 saturated carbocycles. The smallest absolute Gasteiger partial charge is 0.119 e. The number of ether oxygens (including phenoxy) is 1. The third-order valence-electron chi connectivity index (χ3n) is 2.63. The van der Waals surface area contributed by atoms with Gasteiger partial charge in [0.1, 0.15) is 11.9 Å². The molecular weight excluding hydrogens is 256 g/mol. The standard InChI is InChI=1S/C13H13ClO2S/c1-8-5-10(16-2)3-4-11(8)13(15)12-6-9(14)7-17-12/h3-7,13,15H,1-2H3. The molecule has 1 aromatic heterocycles. The minimum absolute atomic E-state index is 0.626. The van der Waals surface area contributed by atoms with Gasteiger partial charge in [-0.05, 0) is 36.2 Å². The fourth-order valence-electron chi connectivity index (χ4n) is 1.71. The lowest BCUT2D eigenvalue weighted by Gasteiger charge is -2.13. The molecule has 4 heteroatoms. The van der Waals surface area contributed by atoms with Crippen molar-refractivity contribution in [2.75, 3.05) is 7.11 Å². The van der Waals surface area contributed by atoms with Gasteiger partial charge in [-0.1, -0.05) is 17.7 Å². The monoisotopic (exact) mass is 268 g/mol. The quantitative estimate of drug-likeness (QED) is 0.917. The Kier molecular flexibility index (Phi) is 3.72. The predicted octanol–water partition coefficient (Wildman–Crippen LogP) is 3.80. The second-order valence-corrected chi connectivity index (χ2v) is 5.17. The summed E-state index contributed by atoms with van der Waals surface area (Å²) >= 11 is 7.32. The van der Waals surface area contributed by atoms with Crippen LogP contribution in [-0.4, -0.2) is 12.2 Å². The second-order valence-electron chi connectivity index (χ2n) is 3.79. The SMILES string of the molecule is COc1ccc(C(O)c2cc(Cl)cs2)c(C)c1. The number of rotatable bonds is 3. The summed E-state index contributed by atoms with van der Waals surface area (Å²) in [6, 6.07) is 7.43. The maximum absolute atomic E-state index is 10.3. The number of benzene rings is 1. The van der Waals surface area contributed by atoms with E-state index < -0.39 is 6.10 Å². The average molecular weight is 269 g/mol. The maximum Gasteiger partial charge on any atom is 0.119 e. The van der Waals surface area contributed by atoms with E-state index in [1.54, 1.807) is 13.2 Å². The van der Waals surface area contributed by atoms with Gasteiger partial charge in [0.25, 0.3) is 0 Å². The highest BCUT2D eigenvalue weighted by molar-refractivity contribution is 7.10. The Bertz CT molecular complexity index is 522. The molecule has 0 fully saturated rings. The Hall–Kier alpha value is -1.03. The molecule has 0 aliphatic heterocycles. The topological polar surface area (TPSA) is 29.5 Å². The summed E-state index contributed by atoms with van der Waals surface area (Å²) in [7, 11) is 1.63. The van der Waals surface area contributed by atoms with Crippen molar-refractivity contribution >= 4 is 22.9 Å². The molecule has 1 aromatic carbocycles. The van der Waals surface area contributed by atoms with Gasteiger partial charge in [-0.25, -0.2) is 0 Å². The molecule has 1 unspecified atom stereocenters. The molecule has 90 valence electrons. The van der Waals surface area contributed by atoms with Crippen LogP contribution in [0.1, 0.15) is 22.1 Å². The Labute approximate surface area is 109 Å². The first-order valence-electron chi connectivity index (χ1n) is 5.18. The van der Waals surface area contributed by atoms with Gasteiger partial charge in [-0.3, -0.25) is 0 Å². The van der Waals surface area contributed by atoms with E-state index in [0.29, 0.717) is 5.02 Å². The van der Waals surface area contributed by atoms with Crippen LogP contribution in [0.5, 0.6) is 5.75 Å². The fourth-order valence-corrected chi connectivity index (χ4v) is 2.79. The summed E-state index contributed by atoms with van der Waals surface area (Å²) in [4.78, 5) is 0.850. The van der Waals surface area contributed by atoms with Crippen molar-refractivity contribution in [3.63, 3.8) is 0 Å². The van der Waals surface area contributed by atoms with Gasteiger partial charge in [0.2, 0.25) is 0 Å². The molecule has 0 spiro atoms. The summed E-state index contributed by atoms with van der Waals surface area (Å²) in [5.74, 6) is 0.794. The maximum atomic E-state index is 10.3. The molecule has 1 heterocycles. The Morgan fingerprint density at radius 2 is 2.12 bits per heavy atom. The zero-order valence-electron chi connectivity index (χ0n) is 9.61. The number of hydrogen-bond donors (Lipinski definition) is 1. The highest BCUT2D eigenvalue weighted by Crippen LogP contribution is 2.32. The molecule has 0 aliphatic carbocycles. The normalized spacial score (nSPS) is 12.5. The van der Waals surface area contributed by atoms with E-state index in [-0.39, 0.29) is 0 Å². The lowest BCUT2D eigenvalue weighted by molar-refractivity contribution is 0.223. The number of aryl methyl sites for hydroxylation is 1. The minimum atomic E-state index is -0.626. The van der Waals surface area contributed by atoms with Gasteiger partial charge in [0.05, 0.1) is 12.1 Å². The van der Waals surface area contributed by atoms with Crippen LogP contribution in [0.25, 0.3) is 0 Å². The van der Waals surface area contributed by atoms with Crippen molar-refractivity contribution < 1.29 is 9.84 Å². The number of hydrogen-bond acceptors (Lipinski definition) is 3. The van der Waals surface area contributed by atoms with Gasteiger partial charge in [-0.2, -0.15) is 0 Å². The number of aliphatic hydroxyl groups is 1. The molecule has 17 heavy (non-hydrogen) atoms. The highest BCUT2D eigenvalue weighted by Gasteiger charge is 2.15. The highest BCUT2D eigenvalue weighted by atomic mass is 35.5. The third kappa shape index (κ3) is 2.63. The Balaban J connectivity index is 2.34. The zero-order chi connectivity index (χ0) is 12.4. The molecule has 1 N–H and O–H groups in total. The molecule has 2 rings (SSSR count). The summed E-state index contributed by atoms with van der Waals surface area (Å²) in [6.07, 6.45) is -0.626. The molecular formula is C13H13ClO2S. The van der Waals surface area contributed by atoms with Crippen LogP contribution >= 0.6 is 22.9 Å². The van der Waals surface area contributed by atoms with E-state index >= 15 is 0 Å². The first-order chi connectivity index (χ1) is 8.11. The average Bonchev–Trinajstić information content (AvgIpc) is 2.75. The zero-order valence-corrected chi connectivity index (χ0v) is 11.2. The molecule has 0 bridgehead atoms. The van der Waals surface area contributed by atoms with Crippen LogP contribution in [0, 0.1) is 6.92 Å². The number of methoxy groups -OCH3 is 1. The van der Waals surface area contributed by atoms with Crippen LogP contribution in [0.2, 0.25) is 5.02 Å². The Morgan fingerprint density at radius 3 is 2.65 bits per heavy atom. The summed E-state index contributed by atoms with van der Waals surface area (Å²) < 4.78 is 5.14. The van der Waals surface area contributed by atoms with Gasteiger partial charge in [0.15, 0.2) is 0 Å². The largest absolute Gasteiger partial charge is 0.497 e. The molecule has 1 atom stereocenters. The van der Waals surface area contributed by atoms with Crippen LogP contribution in [0.15, 0.2) is 29.6 Å². The van der Waals surface area contributed by atoms with E-state index in [1.807, 2.05) is 30.5 Å². The predicted molar refractivity (Wildman–Crippen MR) is 71.1 cm³/mol. The van der Waals surface area contributed by atoms with E-state index in [2.05, 4.69) is 0 Å². The van der Waals surface area contributed by atoms with Gasteiger partial charge in [0, 0.05) is 10.3 Å². The van der Waals surface area contributed by atoms with Crippen molar-refractivity contribution in [3.8, 4) is 5.75 Å². The van der Waals surface area contributed by atoms with Crippen molar-refractivity contribution in [1.82, 2.24) is 0 Å². The van der Waals surface area contributed by atoms with Gasteiger partial charge < -0.3 is 9.84 Å². The van der Waals surface area contributed by atoms with E-state index in [4.69, 9.17) is 16.3 Å².